The Morgan fingerprint density at radius 3 is 2.96 bits per heavy atom. The minimum atomic E-state index is -1.00. The number of carboxylic acid groups (broad SMARTS) is 1. The van der Waals surface area contributed by atoms with E-state index >= 15 is 0 Å². The van der Waals surface area contributed by atoms with Crippen molar-refractivity contribution in [3.05, 3.63) is 53.0 Å². The van der Waals surface area contributed by atoms with Crippen LogP contribution in [-0.2, 0) is 13.0 Å². The summed E-state index contributed by atoms with van der Waals surface area (Å²) in [6, 6.07) is 7.99. The first-order chi connectivity index (χ1) is 11.1. The fourth-order valence-electron chi connectivity index (χ4n) is 3.02. The van der Waals surface area contributed by atoms with E-state index in [0.717, 1.165) is 35.3 Å². The van der Waals surface area contributed by atoms with Crippen molar-refractivity contribution in [2.24, 2.45) is 0 Å². The fraction of sp³-hybridized carbons (Fsp3) is 0.235. The third-order valence-electron chi connectivity index (χ3n) is 4.22. The van der Waals surface area contributed by atoms with Gasteiger partial charge in [-0.2, -0.15) is 0 Å². The average Bonchev–Trinajstić information content (AvgIpc) is 2.92. The van der Waals surface area contributed by atoms with Crippen molar-refractivity contribution >= 4 is 22.9 Å². The summed E-state index contributed by atoms with van der Waals surface area (Å²) in [5.74, 6) is 0.570. The summed E-state index contributed by atoms with van der Waals surface area (Å²) in [6.45, 7) is 3.11. The minimum absolute atomic E-state index is 0.139. The molecule has 6 nitrogen and oxygen atoms in total. The normalized spacial score (nSPS) is 14.0. The largest absolute Gasteiger partial charge is 0.478 e. The maximum atomic E-state index is 11.1. The third-order valence-corrected chi connectivity index (χ3v) is 4.22. The molecule has 23 heavy (non-hydrogen) atoms. The van der Waals surface area contributed by atoms with Crippen molar-refractivity contribution in [3.8, 4) is 0 Å². The van der Waals surface area contributed by atoms with Gasteiger partial charge in [0, 0.05) is 36.7 Å². The second-order valence-electron chi connectivity index (χ2n) is 5.65. The van der Waals surface area contributed by atoms with Gasteiger partial charge in [0.25, 0.3) is 0 Å². The Balaban J connectivity index is 1.70. The Morgan fingerprint density at radius 1 is 1.35 bits per heavy atom. The van der Waals surface area contributed by atoms with E-state index in [1.807, 2.05) is 18.2 Å². The third kappa shape index (κ3) is 2.23. The van der Waals surface area contributed by atoms with E-state index in [1.54, 1.807) is 6.92 Å². The molecule has 0 aliphatic carbocycles. The van der Waals surface area contributed by atoms with Crippen molar-refractivity contribution in [1.82, 2.24) is 9.97 Å². The van der Waals surface area contributed by atoms with Crippen LogP contribution in [0.4, 0.5) is 5.95 Å². The number of fused-ring (bicyclic) bond motifs is 3. The molecule has 6 heteroatoms. The molecule has 1 N–H and O–H groups in total. The number of carboxylic acids is 1. The molecule has 116 valence electrons. The minimum Gasteiger partial charge on any atom is -0.478 e. The summed E-state index contributed by atoms with van der Waals surface area (Å²) >= 11 is 0. The van der Waals surface area contributed by atoms with Crippen LogP contribution in [0, 0.1) is 6.92 Å². The van der Waals surface area contributed by atoms with Crippen LogP contribution in [0.25, 0.3) is 11.0 Å². The van der Waals surface area contributed by atoms with E-state index in [-0.39, 0.29) is 5.56 Å². The van der Waals surface area contributed by atoms with Crippen molar-refractivity contribution in [2.45, 2.75) is 19.9 Å². The summed E-state index contributed by atoms with van der Waals surface area (Å²) in [5, 5.41) is 10.2. The smallest absolute Gasteiger partial charge is 0.339 e. The zero-order chi connectivity index (χ0) is 16.0. The zero-order valence-corrected chi connectivity index (χ0v) is 12.6. The summed E-state index contributed by atoms with van der Waals surface area (Å²) in [4.78, 5) is 21.7. The van der Waals surface area contributed by atoms with Crippen LogP contribution in [0.5, 0.6) is 0 Å². The molecule has 0 fully saturated rings. The SMILES string of the molecule is Cc1nc(N2CCc3oc4ccccc4c3C2)ncc1C(=O)O. The molecule has 0 saturated carbocycles. The van der Waals surface area contributed by atoms with Gasteiger partial charge in [-0.1, -0.05) is 18.2 Å². The van der Waals surface area contributed by atoms with E-state index < -0.39 is 5.97 Å². The van der Waals surface area contributed by atoms with Crippen LogP contribution in [0.3, 0.4) is 0 Å². The van der Waals surface area contributed by atoms with Gasteiger partial charge in [-0.25, -0.2) is 14.8 Å². The topological polar surface area (TPSA) is 79.5 Å². The van der Waals surface area contributed by atoms with Crippen LogP contribution in [0.1, 0.15) is 27.4 Å². The van der Waals surface area contributed by atoms with E-state index in [0.29, 0.717) is 18.2 Å². The lowest BCUT2D eigenvalue weighted by Gasteiger charge is -2.26. The number of aromatic carboxylic acids is 1. The molecular weight excluding hydrogens is 294 g/mol. The van der Waals surface area contributed by atoms with Crippen molar-refractivity contribution in [3.63, 3.8) is 0 Å². The number of rotatable bonds is 2. The van der Waals surface area contributed by atoms with Crippen LogP contribution in [0.15, 0.2) is 34.9 Å². The molecule has 3 heterocycles. The average molecular weight is 309 g/mol. The highest BCUT2D eigenvalue weighted by atomic mass is 16.4. The molecule has 0 amide bonds. The molecule has 4 rings (SSSR count). The lowest BCUT2D eigenvalue weighted by atomic mass is 10.1. The lowest BCUT2D eigenvalue weighted by molar-refractivity contribution is 0.0695. The molecule has 0 saturated heterocycles. The van der Waals surface area contributed by atoms with Crippen LogP contribution in [-0.4, -0.2) is 27.6 Å². The molecular formula is C17H15N3O3. The van der Waals surface area contributed by atoms with Crippen LogP contribution < -0.4 is 4.90 Å². The van der Waals surface area contributed by atoms with Gasteiger partial charge < -0.3 is 14.4 Å². The number of carbonyl (C=O) groups is 1. The predicted molar refractivity (Wildman–Crippen MR) is 84.7 cm³/mol. The highest BCUT2D eigenvalue weighted by Gasteiger charge is 2.24. The van der Waals surface area contributed by atoms with Crippen molar-refractivity contribution in [1.29, 1.82) is 0 Å². The molecule has 1 aliphatic rings. The first-order valence-electron chi connectivity index (χ1n) is 7.44. The Kier molecular flexibility index (Phi) is 3.04. The molecule has 0 bridgehead atoms. The molecule has 2 aromatic heterocycles. The van der Waals surface area contributed by atoms with E-state index in [1.165, 1.54) is 6.20 Å². The maximum absolute atomic E-state index is 11.1. The van der Waals surface area contributed by atoms with E-state index in [4.69, 9.17) is 9.52 Å². The van der Waals surface area contributed by atoms with Gasteiger partial charge in [0.1, 0.15) is 11.3 Å². The number of nitrogens with zero attached hydrogens (tertiary/aromatic N) is 3. The standard InChI is InChI=1S/C17H15N3O3/c1-10-12(16(21)22)8-18-17(19-10)20-7-6-15-13(9-20)11-4-2-3-5-14(11)23-15/h2-5,8H,6-7,9H2,1H3,(H,21,22). The number of aryl methyl sites for hydroxylation is 1. The molecule has 1 aromatic carbocycles. The second kappa shape index (κ2) is 5.08. The zero-order valence-electron chi connectivity index (χ0n) is 12.6. The highest BCUT2D eigenvalue weighted by Crippen LogP contribution is 2.31. The van der Waals surface area contributed by atoms with Gasteiger partial charge in [-0.15, -0.1) is 0 Å². The quantitative estimate of drug-likeness (QED) is 0.784. The number of para-hydroxylation sites is 1. The fourth-order valence-corrected chi connectivity index (χ4v) is 3.02. The van der Waals surface area contributed by atoms with Crippen LogP contribution >= 0.6 is 0 Å². The summed E-state index contributed by atoms with van der Waals surface area (Å²) in [6.07, 6.45) is 2.16. The monoisotopic (exact) mass is 309 g/mol. The van der Waals surface area contributed by atoms with E-state index in [2.05, 4.69) is 20.9 Å². The van der Waals surface area contributed by atoms with Gasteiger partial charge in [0.05, 0.1) is 11.3 Å². The van der Waals surface area contributed by atoms with Gasteiger partial charge in [-0.05, 0) is 13.0 Å². The van der Waals surface area contributed by atoms with E-state index in [9.17, 15) is 4.79 Å². The van der Waals surface area contributed by atoms with Gasteiger partial charge in [0.2, 0.25) is 5.95 Å². The number of hydrogen-bond acceptors (Lipinski definition) is 5. The molecule has 3 aromatic rings. The molecule has 1 aliphatic heterocycles. The molecule has 0 radical (unpaired) electrons. The molecule has 0 atom stereocenters. The maximum Gasteiger partial charge on any atom is 0.339 e. The number of aromatic nitrogens is 2. The lowest BCUT2D eigenvalue weighted by Crippen LogP contribution is -2.31. The van der Waals surface area contributed by atoms with Crippen molar-refractivity contribution in [2.75, 3.05) is 11.4 Å². The highest BCUT2D eigenvalue weighted by molar-refractivity contribution is 5.88. The number of furan rings is 1. The Hall–Kier alpha value is -2.89. The first kappa shape index (κ1) is 13.8. The predicted octanol–water partition coefficient (Wildman–Crippen LogP) is 2.79. The van der Waals surface area contributed by atoms with Crippen LogP contribution in [0.2, 0.25) is 0 Å². The molecule has 0 spiro atoms. The number of hydrogen-bond donors (Lipinski definition) is 1. The van der Waals surface area contributed by atoms with Gasteiger partial charge in [0.15, 0.2) is 0 Å². The number of anilines is 1. The van der Waals surface area contributed by atoms with Crippen molar-refractivity contribution < 1.29 is 14.3 Å². The first-order valence-corrected chi connectivity index (χ1v) is 7.44. The van der Waals surface area contributed by atoms with Gasteiger partial charge >= 0.3 is 5.97 Å². The molecule has 0 unspecified atom stereocenters. The summed E-state index contributed by atoms with van der Waals surface area (Å²) in [7, 11) is 0. The Bertz CT molecular complexity index is 917. The number of benzene rings is 1. The van der Waals surface area contributed by atoms with Gasteiger partial charge in [-0.3, -0.25) is 0 Å². The Morgan fingerprint density at radius 2 is 2.17 bits per heavy atom. The second-order valence-corrected chi connectivity index (χ2v) is 5.65. The summed E-state index contributed by atoms with van der Waals surface area (Å²) in [5.41, 5.74) is 2.68. The Labute approximate surface area is 132 Å². The summed E-state index contributed by atoms with van der Waals surface area (Å²) < 4.78 is 5.90.